The van der Waals surface area contributed by atoms with Gasteiger partial charge in [0.1, 0.15) is 18.0 Å². The van der Waals surface area contributed by atoms with Gasteiger partial charge in [0, 0.05) is 36.3 Å². The molecular weight excluding hydrogens is 438 g/mol. The number of allylic oxidation sites excluding steroid dienone is 2. The van der Waals surface area contributed by atoms with Crippen LogP contribution in [0, 0.1) is 13.8 Å². The number of nitrogens with one attached hydrogen (secondary N) is 1. The first kappa shape index (κ1) is 24.3. The molecule has 10 heteroatoms. The van der Waals surface area contributed by atoms with E-state index in [1.54, 1.807) is 19.3 Å². The van der Waals surface area contributed by atoms with E-state index >= 15 is 0 Å². The molecule has 0 bridgehead atoms. The Hall–Kier alpha value is -4.31. The predicted molar refractivity (Wildman–Crippen MR) is 128 cm³/mol. The molecule has 3 rings (SSSR count). The summed E-state index contributed by atoms with van der Waals surface area (Å²) in [7, 11) is 1.61. The number of aliphatic hydroxyl groups excluding tert-OH is 1. The Balaban J connectivity index is 2.07. The number of aromatic nitrogens is 3. The Morgan fingerprint density at radius 1 is 1.24 bits per heavy atom. The number of ketones is 1. The number of carbonyl (C=O) groups is 2. The van der Waals surface area contributed by atoms with Crippen molar-refractivity contribution in [3.05, 3.63) is 75.5 Å². The fourth-order valence-electron chi connectivity index (χ4n) is 3.52. The molecule has 2 aromatic heterocycles. The zero-order chi connectivity index (χ0) is 25.0. The molecule has 0 aliphatic rings. The molecule has 0 saturated carbocycles. The van der Waals surface area contributed by atoms with Gasteiger partial charge in [0.15, 0.2) is 5.78 Å². The molecule has 0 fully saturated rings. The maximum Gasteiger partial charge on any atom is 0.351 e. The number of carbonyl (C=O) groups excluding carboxylic acids is 1. The van der Waals surface area contributed by atoms with Crippen molar-refractivity contribution >= 4 is 28.7 Å². The number of aliphatic carboxylic acids is 1. The number of nitrogens with two attached hydrogens (primary N) is 1. The quantitative estimate of drug-likeness (QED) is 0.288. The molecular formula is C24H25N5O5. The van der Waals surface area contributed by atoms with Crippen molar-refractivity contribution < 1.29 is 19.8 Å². The molecule has 10 nitrogen and oxygen atoms in total. The van der Waals surface area contributed by atoms with Crippen molar-refractivity contribution in [2.75, 3.05) is 11.9 Å². The van der Waals surface area contributed by atoms with E-state index in [4.69, 9.17) is 15.9 Å². The maximum absolute atomic E-state index is 13.2. The highest BCUT2D eigenvalue weighted by Crippen LogP contribution is 2.26. The fraction of sp³-hybridized carbons (Fsp3) is 0.208. The van der Waals surface area contributed by atoms with Crippen molar-refractivity contribution in [2.24, 2.45) is 12.8 Å². The number of hydrogen-bond donors (Lipinski definition) is 4. The van der Waals surface area contributed by atoms with E-state index in [0.29, 0.717) is 16.6 Å². The highest BCUT2D eigenvalue weighted by atomic mass is 16.4. The number of pyridine rings is 1. The molecule has 3 aromatic rings. The number of rotatable bonds is 8. The third kappa shape index (κ3) is 5.18. The summed E-state index contributed by atoms with van der Waals surface area (Å²) in [5, 5.41) is 21.4. The van der Waals surface area contributed by atoms with Crippen molar-refractivity contribution in [3.8, 4) is 11.1 Å². The normalized spacial score (nSPS) is 12.1. The second-order valence-corrected chi connectivity index (χ2v) is 7.75. The molecule has 2 heterocycles. The summed E-state index contributed by atoms with van der Waals surface area (Å²) in [6, 6.07) is 7.57. The predicted octanol–water partition coefficient (Wildman–Crippen LogP) is 1.79. The van der Waals surface area contributed by atoms with E-state index in [1.165, 1.54) is 10.6 Å². The molecule has 0 saturated heterocycles. The van der Waals surface area contributed by atoms with Crippen molar-refractivity contribution in [3.63, 3.8) is 0 Å². The highest BCUT2D eigenvalue weighted by Gasteiger charge is 2.15. The molecule has 0 aliphatic heterocycles. The van der Waals surface area contributed by atoms with Crippen LogP contribution in [0.4, 0.5) is 5.95 Å². The molecule has 0 unspecified atom stereocenters. The standard InChI is InChI=1S/C24H25N5O5/c1-13-5-4-6-14(2)20(13)18-9-15-11-26-24(28-21(15)29(3)22(18)32)27-16(7-8-17(31)12-30)10-19(25)23(33)34/h4-7,9-11,30H,8,12,25H2,1-3H3,(H,33,34)(H,26,27,28)/b16-7+,19-10-. The van der Waals surface area contributed by atoms with Gasteiger partial charge in [-0.05, 0) is 42.7 Å². The molecule has 34 heavy (non-hydrogen) atoms. The molecule has 0 atom stereocenters. The van der Waals surface area contributed by atoms with Gasteiger partial charge < -0.3 is 21.3 Å². The summed E-state index contributed by atoms with van der Waals surface area (Å²) in [6.07, 6.45) is 3.87. The maximum atomic E-state index is 13.2. The number of fused-ring (bicyclic) bond motifs is 1. The lowest BCUT2D eigenvalue weighted by atomic mass is 9.96. The second kappa shape index (κ2) is 10.1. The average molecular weight is 463 g/mol. The van der Waals surface area contributed by atoms with Crippen molar-refractivity contribution in [2.45, 2.75) is 20.3 Å². The van der Waals surface area contributed by atoms with E-state index in [9.17, 15) is 14.4 Å². The van der Waals surface area contributed by atoms with Crippen LogP contribution in [-0.4, -0.2) is 43.1 Å². The van der Waals surface area contributed by atoms with Crippen LogP contribution in [0.3, 0.4) is 0 Å². The number of nitrogens with zero attached hydrogens (tertiary/aromatic N) is 3. The van der Waals surface area contributed by atoms with Gasteiger partial charge in [0.2, 0.25) is 5.95 Å². The number of hydrogen-bond acceptors (Lipinski definition) is 8. The van der Waals surface area contributed by atoms with E-state index < -0.39 is 24.1 Å². The van der Waals surface area contributed by atoms with Crippen molar-refractivity contribution in [1.82, 2.24) is 14.5 Å². The van der Waals surface area contributed by atoms with Gasteiger partial charge in [-0.2, -0.15) is 4.98 Å². The van der Waals surface area contributed by atoms with E-state index in [2.05, 4.69) is 15.3 Å². The zero-order valence-electron chi connectivity index (χ0n) is 19.0. The summed E-state index contributed by atoms with van der Waals surface area (Å²) >= 11 is 0. The topological polar surface area (TPSA) is 160 Å². The largest absolute Gasteiger partial charge is 0.477 e. The molecule has 0 amide bonds. The van der Waals surface area contributed by atoms with Crippen LogP contribution < -0.4 is 16.6 Å². The molecule has 0 spiro atoms. The van der Waals surface area contributed by atoms with Crippen molar-refractivity contribution in [1.29, 1.82) is 0 Å². The van der Waals surface area contributed by atoms with E-state index in [-0.39, 0.29) is 23.6 Å². The summed E-state index contributed by atoms with van der Waals surface area (Å²) in [6.45, 7) is 3.24. The first-order chi connectivity index (χ1) is 16.1. The third-order valence-corrected chi connectivity index (χ3v) is 5.24. The summed E-state index contributed by atoms with van der Waals surface area (Å²) in [4.78, 5) is 44.4. The van der Waals surface area contributed by atoms with Gasteiger partial charge >= 0.3 is 5.97 Å². The van der Waals surface area contributed by atoms with Crippen LogP contribution in [0.25, 0.3) is 22.2 Å². The second-order valence-electron chi connectivity index (χ2n) is 7.75. The van der Waals surface area contributed by atoms with Gasteiger partial charge in [0.25, 0.3) is 5.56 Å². The minimum Gasteiger partial charge on any atom is -0.477 e. The first-order valence-electron chi connectivity index (χ1n) is 10.4. The minimum absolute atomic E-state index is 0.0689. The Bertz CT molecular complexity index is 1380. The van der Waals surface area contributed by atoms with Crippen LogP contribution in [0.5, 0.6) is 0 Å². The minimum atomic E-state index is -1.35. The van der Waals surface area contributed by atoms with Gasteiger partial charge in [-0.25, -0.2) is 9.78 Å². The number of anilines is 1. The number of aliphatic hydroxyl groups is 1. The van der Waals surface area contributed by atoms with Crippen LogP contribution in [0.2, 0.25) is 0 Å². The molecule has 0 aliphatic carbocycles. The Kier molecular flexibility index (Phi) is 7.22. The van der Waals surface area contributed by atoms with Gasteiger partial charge in [0.05, 0.1) is 0 Å². The van der Waals surface area contributed by atoms with E-state index in [1.807, 2.05) is 32.0 Å². The lowest BCUT2D eigenvalue weighted by molar-refractivity contribution is -0.132. The van der Waals surface area contributed by atoms with Crippen LogP contribution >= 0.6 is 0 Å². The molecule has 176 valence electrons. The van der Waals surface area contributed by atoms with Gasteiger partial charge in [-0.15, -0.1) is 0 Å². The number of carboxylic acid groups (broad SMARTS) is 1. The van der Waals surface area contributed by atoms with Crippen LogP contribution in [0.15, 0.2) is 58.8 Å². The van der Waals surface area contributed by atoms with E-state index in [0.717, 1.165) is 22.8 Å². The molecule has 5 N–H and O–H groups in total. The van der Waals surface area contributed by atoms with Gasteiger partial charge in [-0.1, -0.05) is 24.3 Å². The smallest absolute Gasteiger partial charge is 0.351 e. The number of carboxylic acids is 1. The fourth-order valence-corrected chi connectivity index (χ4v) is 3.52. The Labute approximate surface area is 195 Å². The zero-order valence-corrected chi connectivity index (χ0v) is 19.0. The highest BCUT2D eigenvalue weighted by molar-refractivity contribution is 5.87. The SMILES string of the molecule is Cc1cccc(C)c1-c1cc2cnc(NC(/C=C(\N)C(=O)O)=C/CC(=O)CO)nc2n(C)c1=O. The Morgan fingerprint density at radius 3 is 2.53 bits per heavy atom. The van der Waals surface area contributed by atoms with Crippen LogP contribution in [-0.2, 0) is 16.6 Å². The number of aryl methyl sites for hydroxylation is 3. The summed E-state index contributed by atoms with van der Waals surface area (Å²) in [5.74, 6) is -1.75. The van der Waals surface area contributed by atoms with Gasteiger partial charge in [-0.3, -0.25) is 14.2 Å². The summed E-state index contributed by atoms with van der Waals surface area (Å²) in [5.41, 5.74) is 8.67. The number of benzene rings is 1. The lowest BCUT2D eigenvalue weighted by Gasteiger charge is -2.13. The third-order valence-electron chi connectivity index (χ3n) is 5.24. The number of Topliss-reactive ketones (excluding diaryl/α,β-unsaturated/α-hetero) is 1. The average Bonchev–Trinajstić information content (AvgIpc) is 2.80. The Morgan fingerprint density at radius 2 is 1.91 bits per heavy atom. The molecule has 1 aromatic carbocycles. The lowest BCUT2D eigenvalue weighted by Crippen LogP contribution is -2.21. The monoisotopic (exact) mass is 463 g/mol. The summed E-state index contributed by atoms with van der Waals surface area (Å²) < 4.78 is 1.42. The van der Waals surface area contributed by atoms with Crippen LogP contribution in [0.1, 0.15) is 17.5 Å². The molecule has 0 radical (unpaired) electrons. The first-order valence-corrected chi connectivity index (χ1v) is 10.4.